The van der Waals surface area contributed by atoms with E-state index >= 15 is 0 Å². The zero-order valence-corrected chi connectivity index (χ0v) is 12.5. The first kappa shape index (κ1) is 15.3. The summed E-state index contributed by atoms with van der Waals surface area (Å²) in [5, 5.41) is 0. The molecule has 2 rings (SSSR count). The van der Waals surface area contributed by atoms with Crippen LogP contribution in [0.3, 0.4) is 0 Å². The summed E-state index contributed by atoms with van der Waals surface area (Å²) in [6.07, 6.45) is 4.14. The second-order valence-electron chi connectivity index (χ2n) is 4.80. The highest BCUT2D eigenvalue weighted by atomic mass is 16.5. The third kappa shape index (κ3) is 4.20. The molecule has 0 saturated heterocycles. The number of pyridine rings is 1. The lowest BCUT2D eigenvalue weighted by atomic mass is 10.0. The SMILES string of the molecule is CCOc1cccc(OC(c2cccnc2)C(N)CC)c1. The molecule has 0 amide bonds. The van der Waals surface area contributed by atoms with Crippen LogP contribution in [0.5, 0.6) is 11.5 Å². The van der Waals surface area contributed by atoms with Gasteiger partial charge in [-0.3, -0.25) is 4.98 Å². The summed E-state index contributed by atoms with van der Waals surface area (Å²) >= 11 is 0. The molecule has 0 fully saturated rings. The van der Waals surface area contributed by atoms with E-state index in [1.165, 1.54) is 0 Å². The molecule has 1 aromatic carbocycles. The molecule has 0 bridgehead atoms. The standard InChI is InChI=1S/C17H22N2O2/c1-3-16(18)17(13-7-6-10-19-12-13)21-15-9-5-8-14(11-15)20-4-2/h5-12,16-17H,3-4,18H2,1-2H3. The van der Waals surface area contributed by atoms with Crippen molar-refractivity contribution in [3.63, 3.8) is 0 Å². The van der Waals surface area contributed by atoms with Gasteiger partial charge in [-0.2, -0.15) is 0 Å². The van der Waals surface area contributed by atoms with Crippen molar-refractivity contribution in [2.75, 3.05) is 6.61 Å². The average Bonchev–Trinajstić information content (AvgIpc) is 2.53. The summed E-state index contributed by atoms with van der Waals surface area (Å²) in [6.45, 7) is 4.64. The molecule has 2 unspecified atom stereocenters. The number of benzene rings is 1. The maximum Gasteiger partial charge on any atom is 0.140 e. The van der Waals surface area contributed by atoms with Crippen molar-refractivity contribution < 1.29 is 9.47 Å². The Morgan fingerprint density at radius 3 is 2.62 bits per heavy atom. The van der Waals surface area contributed by atoms with E-state index in [4.69, 9.17) is 15.2 Å². The highest BCUT2D eigenvalue weighted by molar-refractivity contribution is 5.33. The summed E-state index contributed by atoms with van der Waals surface area (Å²) in [5.41, 5.74) is 7.19. The number of hydrogen-bond donors (Lipinski definition) is 1. The largest absolute Gasteiger partial charge is 0.494 e. The van der Waals surface area contributed by atoms with E-state index in [1.54, 1.807) is 12.4 Å². The van der Waals surface area contributed by atoms with Gasteiger partial charge in [-0.1, -0.05) is 19.1 Å². The van der Waals surface area contributed by atoms with Crippen molar-refractivity contribution >= 4 is 0 Å². The van der Waals surface area contributed by atoms with Crippen molar-refractivity contribution in [1.29, 1.82) is 0 Å². The summed E-state index contributed by atoms with van der Waals surface area (Å²) in [6, 6.07) is 11.4. The van der Waals surface area contributed by atoms with E-state index in [1.807, 2.05) is 50.2 Å². The van der Waals surface area contributed by atoms with Gasteiger partial charge in [0.05, 0.1) is 6.61 Å². The fraction of sp³-hybridized carbons (Fsp3) is 0.353. The van der Waals surface area contributed by atoms with Gasteiger partial charge in [0.1, 0.15) is 17.6 Å². The average molecular weight is 286 g/mol. The Morgan fingerprint density at radius 2 is 1.95 bits per heavy atom. The molecule has 0 aliphatic rings. The number of nitrogens with zero attached hydrogens (tertiary/aromatic N) is 1. The van der Waals surface area contributed by atoms with Crippen molar-refractivity contribution in [2.24, 2.45) is 5.73 Å². The van der Waals surface area contributed by atoms with Gasteiger partial charge in [-0.15, -0.1) is 0 Å². The van der Waals surface area contributed by atoms with Gasteiger partial charge in [-0.25, -0.2) is 0 Å². The van der Waals surface area contributed by atoms with Crippen molar-refractivity contribution in [3.8, 4) is 11.5 Å². The zero-order valence-electron chi connectivity index (χ0n) is 12.5. The van der Waals surface area contributed by atoms with Crippen molar-refractivity contribution in [2.45, 2.75) is 32.4 Å². The van der Waals surface area contributed by atoms with Crippen LogP contribution >= 0.6 is 0 Å². The van der Waals surface area contributed by atoms with Gasteiger partial charge in [0.2, 0.25) is 0 Å². The van der Waals surface area contributed by atoms with Crippen LogP contribution in [0.1, 0.15) is 31.9 Å². The van der Waals surface area contributed by atoms with Crippen LogP contribution in [-0.4, -0.2) is 17.6 Å². The van der Waals surface area contributed by atoms with Crippen LogP contribution in [0.4, 0.5) is 0 Å². The van der Waals surface area contributed by atoms with Crippen LogP contribution in [0, 0.1) is 0 Å². The number of nitrogens with two attached hydrogens (primary N) is 1. The molecule has 4 heteroatoms. The minimum atomic E-state index is -0.222. The van der Waals surface area contributed by atoms with Crippen molar-refractivity contribution in [1.82, 2.24) is 4.98 Å². The lowest BCUT2D eigenvalue weighted by Gasteiger charge is -2.24. The fourth-order valence-electron chi connectivity index (χ4n) is 2.11. The van der Waals surface area contributed by atoms with Crippen LogP contribution in [-0.2, 0) is 0 Å². The highest BCUT2D eigenvalue weighted by Crippen LogP contribution is 2.27. The molecular weight excluding hydrogens is 264 g/mol. The third-order valence-electron chi connectivity index (χ3n) is 3.25. The Labute approximate surface area is 125 Å². The molecule has 0 aliphatic carbocycles. The molecule has 0 aliphatic heterocycles. The molecule has 1 aromatic heterocycles. The summed E-state index contributed by atoms with van der Waals surface area (Å²) in [4.78, 5) is 4.15. The molecule has 21 heavy (non-hydrogen) atoms. The molecule has 2 N–H and O–H groups in total. The molecule has 112 valence electrons. The Morgan fingerprint density at radius 1 is 1.14 bits per heavy atom. The lowest BCUT2D eigenvalue weighted by molar-refractivity contribution is 0.170. The summed E-state index contributed by atoms with van der Waals surface area (Å²) in [5.74, 6) is 1.55. The molecule has 2 aromatic rings. The van der Waals surface area contributed by atoms with Gasteiger partial charge in [-0.05, 0) is 31.5 Å². The van der Waals surface area contributed by atoms with Gasteiger partial charge in [0.25, 0.3) is 0 Å². The number of hydrogen-bond acceptors (Lipinski definition) is 4. The van der Waals surface area contributed by atoms with Crippen LogP contribution in [0.2, 0.25) is 0 Å². The van der Waals surface area contributed by atoms with Gasteiger partial charge >= 0.3 is 0 Å². The minimum absolute atomic E-state index is 0.0926. The fourth-order valence-corrected chi connectivity index (χ4v) is 2.11. The number of aromatic nitrogens is 1. The normalized spacial score (nSPS) is 13.5. The van der Waals surface area contributed by atoms with Gasteiger partial charge < -0.3 is 15.2 Å². The Balaban J connectivity index is 2.21. The summed E-state index contributed by atoms with van der Waals surface area (Å²) < 4.78 is 11.6. The first-order valence-corrected chi connectivity index (χ1v) is 7.29. The first-order chi connectivity index (χ1) is 10.2. The van der Waals surface area contributed by atoms with Gasteiger partial charge in [0.15, 0.2) is 0 Å². The first-order valence-electron chi connectivity index (χ1n) is 7.29. The maximum absolute atomic E-state index is 6.21. The van der Waals surface area contributed by atoms with E-state index in [9.17, 15) is 0 Å². The second kappa shape index (κ2) is 7.64. The molecular formula is C17H22N2O2. The quantitative estimate of drug-likeness (QED) is 0.848. The summed E-state index contributed by atoms with van der Waals surface area (Å²) in [7, 11) is 0. The van der Waals surface area contributed by atoms with E-state index in [-0.39, 0.29) is 12.1 Å². The predicted molar refractivity (Wildman–Crippen MR) is 83.5 cm³/mol. The van der Waals surface area contributed by atoms with E-state index in [0.29, 0.717) is 6.61 Å². The van der Waals surface area contributed by atoms with E-state index in [2.05, 4.69) is 4.98 Å². The molecule has 1 heterocycles. The molecule has 0 radical (unpaired) electrons. The topological polar surface area (TPSA) is 57.4 Å². The van der Waals surface area contributed by atoms with E-state index < -0.39 is 0 Å². The predicted octanol–water partition coefficient (Wildman–Crippen LogP) is 3.34. The van der Waals surface area contributed by atoms with Crippen LogP contribution in [0.15, 0.2) is 48.8 Å². The maximum atomic E-state index is 6.21. The third-order valence-corrected chi connectivity index (χ3v) is 3.25. The van der Waals surface area contributed by atoms with Crippen molar-refractivity contribution in [3.05, 3.63) is 54.4 Å². The zero-order chi connectivity index (χ0) is 15.1. The highest BCUT2D eigenvalue weighted by Gasteiger charge is 2.20. The molecule has 4 nitrogen and oxygen atoms in total. The Kier molecular flexibility index (Phi) is 5.58. The number of ether oxygens (including phenoxy) is 2. The number of rotatable bonds is 7. The van der Waals surface area contributed by atoms with E-state index in [0.717, 1.165) is 23.5 Å². The van der Waals surface area contributed by atoms with Crippen LogP contribution < -0.4 is 15.2 Å². The smallest absolute Gasteiger partial charge is 0.140 e. The Hall–Kier alpha value is -2.07. The second-order valence-corrected chi connectivity index (χ2v) is 4.80. The molecule has 0 saturated carbocycles. The molecule has 2 atom stereocenters. The monoisotopic (exact) mass is 286 g/mol. The minimum Gasteiger partial charge on any atom is -0.494 e. The lowest BCUT2D eigenvalue weighted by Crippen LogP contribution is -2.31. The Bertz CT molecular complexity index is 545. The molecule has 0 spiro atoms. The van der Waals surface area contributed by atoms with Crippen LogP contribution in [0.25, 0.3) is 0 Å². The van der Waals surface area contributed by atoms with Gasteiger partial charge in [0, 0.05) is 30.1 Å².